The number of rotatable bonds is 3. The quantitative estimate of drug-likeness (QED) is 0.804. The summed E-state index contributed by atoms with van der Waals surface area (Å²) in [5.74, 6) is 3.84. The van der Waals surface area contributed by atoms with Gasteiger partial charge in [-0.05, 0) is 13.8 Å². The van der Waals surface area contributed by atoms with Crippen LogP contribution in [0.3, 0.4) is 0 Å². The third kappa shape index (κ3) is 2.78. The minimum absolute atomic E-state index is 0.134. The van der Waals surface area contributed by atoms with Crippen LogP contribution in [-0.4, -0.2) is 40.7 Å². The molecule has 4 nitrogen and oxygen atoms in total. The molecule has 1 saturated heterocycles. The van der Waals surface area contributed by atoms with E-state index in [4.69, 9.17) is 4.74 Å². The van der Waals surface area contributed by atoms with Crippen molar-refractivity contribution in [2.24, 2.45) is 0 Å². The summed E-state index contributed by atoms with van der Waals surface area (Å²) in [6.07, 6.45) is 3.54. The van der Waals surface area contributed by atoms with Crippen LogP contribution in [0.4, 0.5) is 5.82 Å². The zero-order chi connectivity index (χ0) is 11.4. The van der Waals surface area contributed by atoms with Crippen molar-refractivity contribution in [1.29, 1.82) is 0 Å². The maximum absolute atomic E-state index is 5.68. The second kappa shape index (κ2) is 5.39. The molecule has 5 heteroatoms. The highest BCUT2D eigenvalue weighted by Crippen LogP contribution is 2.25. The van der Waals surface area contributed by atoms with Crippen molar-refractivity contribution in [2.75, 3.05) is 29.5 Å². The van der Waals surface area contributed by atoms with Crippen LogP contribution in [-0.2, 0) is 0 Å². The number of ether oxygens (including phenoxy) is 1. The van der Waals surface area contributed by atoms with Gasteiger partial charge < -0.3 is 9.64 Å². The van der Waals surface area contributed by atoms with Gasteiger partial charge in [0.15, 0.2) is 5.82 Å². The molecule has 1 aliphatic rings. The topological polar surface area (TPSA) is 38.3 Å². The number of thioether (sulfide) groups is 1. The average molecular weight is 239 g/mol. The SMILES string of the molecule is CC(C)Oc1nccnc1N1CCSCC1. The zero-order valence-corrected chi connectivity index (χ0v) is 10.5. The lowest BCUT2D eigenvalue weighted by Crippen LogP contribution is -2.33. The van der Waals surface area contributed by atoms with Gasteiger partial charge in [0.05, 0.1) is 6.10 Å². The summed E-state index contributed by atoms with van der Waals surface area (Å²) in [5, 5.41) is 0. The first-order valence-electron chi connectivity index (χ1n) is 5.57. The van der Waals surface area contributed by atoms with Gasteiger partial charge in [0.2, 0.25) is 0 Å². The minimum Gasteiger partial charge on any atom is -0.472 e. The molecule has 0 amide bonds. The average Bonchev–Trinajstić information content (AvgIpc) is 2.30. The fourth-order valence-electron chi connectivity index (χ4n) is 1.62. The van der Waals surface area contributed by atoms with Gasteiger partial charge >= 0.3 is 0 Å². The highest BCUT2D eigenvalue weighted by Gasteiger charge is 2.18. The molecule has 0 saturated carbocycles. The molecular formula is C11H17N3OS. The van der Waals surface area contributed by atoms with Crippen molar-refractivity contribution in [3.63, 3.8) is 0 Å². The first-order chi connectivity index (χ1) is 7.77. The Kier molecular flexibility index (Phi) is 3.88. The summed E-state index contributed by atoms with van der Waals surface area (Å²) >= 11 is 1.98. The highest BCUT2D eigenvalue weighted by atomic mass is 32.2. The molecule has 0 N–H and O–H groups in total. The zero-order valence-electron chi connectivity index (χ0n) is 9.72. The number of hydrogen-bond acceptors (Lipinski definition) is 5. The molecule has 1 aliphatic heterocycles. The largest absolute Gasteiger partial charge is 0.472 e. The van der Waals surface area contributed by atoms with Crippen LogP contribution in [0.2, 0.25) is 0 Å². The molecule has 0 spiro atoms. The monoisotopic (exact) mass is 239 g/mol. The van der Waals surface area contributed by atoms with Crippen LogP contribution >= 0.6 is 11.8 Å². The molecule has 0 radical (unpaired) electrons. The number of aromatic nitrogens is 2. The molecule has 1 aromatic rings. The van der Waals surface area contributed by atoms with Crippen molar-refractivity contribution in [3.8, 4) is 5.88 Å². The molecular weight excluding hydrogens is 222 g/mol. The van der Waals surface area contributed by atoms with Gasteiger partial charge in [0.1, 0.15) is 0 Å². The molecule has 88 valence electrons. The molecule has 0 aliphatic carbocycles. The van der Waals surface area contributed by atoms with Crippen LogP contribution in [0, 0.1) is 0 Å². The summed E-state index contributed by atoms with van der Waals surface area (Å²) in [4.78, 5) is 10.9. The van der Waals surface area contributed by atoms with Crippen molar-refractivity contribution >= 4 is 17.6 Å². The van der Waals surface area contributed by atoms with E-state index in [1.165, 1.54) is 0 Å². The molecule has 2 rings (SSSR count). The second-order valence-corrected chi connectivity index (χ2v) is 5.18. The third-order valence-corrected chi connectivity index (χ3v) is 3.25. The first-order valence-corrected chi connectivity index (χ1v) is 6.73. The van der Waals surface area contributed by atoms with Gasteiger partial charge in [-0.2, -0.15) is 11.8 Å². The van der Waals surface area contributed by atoms with Gasteiger partial charge in [-0.3, -0.25) is 0 Å². The lowest BCUT2D eigenvalue weighted by atomic mass is 10.4. The second-order valence-electron chi connectivity index (χ2n) is 3.95. The van der Waals surface area contributed by atoms with Crippen LogP contribution in [0.1, 0.15) is 13.8 Å². The van der Waals surface area contributed by atoms with E-state index in [2.05, 4.69) is 14.9 Å². The number of hydrogen-bond donors (Lipinski definition) is 0. The smallest absolute Gasteiger partial charge is 0.257 e. The van der Waals surface area contributed by atoms with Crippen LogP contribution in [0.15, 0.2) is 12.4 Å². The van der Waals surface area contributed by atoms with Gasteiger partial charge in [-0.25, -0.2) is 9.97 Å². The Morgan fingerprint density at radius 3 is 2.62 bits per heavy atom. The fourth-order valence-corrected chi connectivity index (χ4v) is 2.52. The molecule has 0 aromatic carbocycles. The summed E-state index contributed by atoms with van der Waals surface area (Å²) in [7, 11) is 0. The Morgan fingerprint density at radius 1 is 1.25 bits per heavy atom. The maximum Gasteiger partial charge on any atom is 0.257 e. The van der Waals surface area contributed by atoms with E-state index >= 15 is 0 Å². The van der Waals surface area contributed by atoms with Gasteiger partial charge in [0.25, 0.3) is 5.88 Å². The van der Waals surface area contributed by atoms with E-state index < -0.39 is 0 Å². The Bertz CT molecular complexity index is 340. The molecule has 2 heterocycles. The van der Waals surface area contributed by atoms with Crippen molar-refractivity contribution in [3.05, 3.63) is 12.4 Å². The van der Waals surface area contributed by atoms with E-state index in [-0.39, 0.29) is 6.10 Å². The minimum atomic E-state index is 0.134. The maximum atomic E-state index is 5.68. The molecule has 1 fully saturated rings. The summed E-state index contributed by atoms with van der Waals surface area (Å²) < 4.78 is 5.68. The van der Waals surface area contributed by atoms with Crippen LogP contribution < -0.4 is 9.64 Å². The lowest BCUT2D eigenvalue weighted by Gasteiger charge is -2.28. The molecule has 0 bridgehead atoms. The fraction of sp³-hybridized carbons (Fsp3) is 0.636. The van der Waals surface area contributed by atoms with Crippen molar-refractivity contribution in [2.45, 2.75) is 20.0 Å². The van der Waals surface area contributed by atoms with Crippen LogP contribution in [0.5, 0.6) is 5.88 Å². The first kappa shape index (κ1) is 11.5. The van der Waals surface area contributed by atoms with Crippen molar-refractivity contribution < 1.29 is 4.74 Å². The third-order valence-electron chi connectivity index (χ3n) is 2.30. The Morgan fingerprint density at radius 2 is 1.94 bits per heavy atom. The Balaban J connectivity index is 2.17. The van der Waals surface area contributed by atoms with Crippen molar-refractivity contribution in [1.82, 2.24) is 9.97 Å². The molecule has 0 atom stereocenters. The Hall–Kier alpha value is -0.970. The summed E-state index contributed by atoms with van der Waals surface area (Å²) in [6.45, 7) is 6.06. The molecule has 0 unspecified atom stereocenters. The standard InChI is InChI=1S/C11H17N3OS/c1-9(2)15-11-10(12-3-4-13-11)14-5-7-16-8-6-14/h3-4,9H,5-8H2,1-2H3. The molecule has 16 heavy (non-hydrogen) atoms. The van der Waals surface area contributed by atoms with E-state index in [9.17, 15) is 0 Å². The van der Waals surface area contributed by atoms with Gasteiger partial charge in [-0.15, -0.1) is 0 Å². The predicted octanol–water partition coefficient (Wildman–Crippen LogP) is 1.82. The predicted molar refractivity (Wildman–Crippen MR) is 67.3 cm³/mol. The molecule has 1 aromatic heterocycles. The lowest BCUT2D eigenvalue weighted by molar-refractivity contribution is 0.232. The van der Waals surface area contributed by atoms with Gasteiger partial charge in [-0.1, -0.05) is 0 Å². The Labute approximate surface area is 100 Å². The van der Waals surface area contributed by atoms with Gasteiger partial charge in [0, 0.05) is 37.0 Å². The number of nitrogens with zero attached hydrogens (tertiary/aromatic N) is 3. The summed E-state index contributed by atoms with van der Waals surface area (Å²) in [5.41, 5.74) is 0. The summed E-state index contributed by atoms with van der Waals surface area (Å²) in [6, 6.07) is 0. The normalized spacial score (nSPS) is 16.6. The van der Waals surface area contributed by atoms with E-state index in [0.29, 0.717) is 5.88 Å². The number of anilines is 1. The van der Waals surface area contributed by atoms with E-state index in [0.717, 1.165) is 30.4 Å². The van der Waals surface area contributed by atoms with E-state index in [1.54, 1.807) is 12.4 Å². The highest BCUT2D eigenvalue weighted by molar-refractivity contribution is 7.99. The van der Waals surface area contributed by atoms with E-state index in [1.807, 2.05) is 25.6 Å². The van der Waals surface area contributed by atoms with Crippen LogP contribution in [0.25, 0.3) is 0 Å².